The van der Waals surface area contributed by atoms with Gasteiger partial charge in [0.2, 0.25) is 11.8 Å². The first kappa shape index (κ1) is 25.6. The fraction of sp³-hybridized carbons (Fsp3) is 0.500. The van der Waals surface area contributed by atoms with Gasteiger partial charge < -0.3 is 10.2 Å². The van der Waals surface area contributed by atoms with Crippen LogP contribution in [0.15, 0.2) is 48.5 Å². The highest BCUT2D eigenvalue weighted by atomic mass is 16.2. The molecular weight excluding hydrogens is 396 g/mol. The molecule has 2 aromatic rings. The Bertz CT molecular complexity index is 871. The number of hydrogen-bond donors (Lipinski definition) is 1. The van der Waals surface area contributed by atoms with Crippen molar-refractivity contribution in [2.75, 3.05) is 6.54 Å². The zero-order chi connectivity index (χ0) is 23.7. The lowest BCUT2D eigenvalue weighted by Gasteiger charge is -2.31. The molecule has 32 heavy (non-hydrogen) atoms. The molecule has 0 aliphatic heterocycles. The number of nitrogens with one attached hydrogen (secondary N) is 1. The number of aryl methyl sites for hydroxylation is 2. The molecular formula is C28H40N2O2. The SMILES string of the molecule is CC[C@@H](C(=O)NCC(C)C)N(Cc1ccccc1C)C(=O)CCc1ccc(C(C)C)cc1. The van der Waals surface area contributed by atoms with E-state index in [0.29, 0.717) is 44.2 Å². The number of nitrogens with zero attached hydrogens (tertiary/aromatic N) is 1. The van der Waals surface area contributed by atoms with E-state index < -0.39 is 6.04 Å². The molecule has 0 saturated carbocycles. The minimum atomic E-state index is -0.468. The van der Waals surface area contributed by atoms with Crippen molar-refractivity contribution in [1.29, 1.82) is 0 Å². The topological polar surface area (TPSA) is 49.4 Å². The molecule has 2 aromatic carbocycles. The number of carbonyl (C=O) groups excluding carboxylic acids is 2. The Morgan fingerprint density at radius 3 is 2.19 bits per heavy atom. The molecule has 0 saturated heterocycles. The van der Waals surface area contributed by atoms with Gasteiger partial charge in [-0.1, -0.05) is 83.1 Å². The highest BCUT2D eigenvalue weighted by Crippen LogP contribution is 2.19. The van der Waals surface area contributed by atoms with Crippen molar-refractivity contribution in [3.05, 3.63) is 70.8 Å². The summed E-state index contributed by atoms with van der Waals surface area (Å²) in [4.78, 5) is 28.1. The van der Waals surface area contributed by atoms with Crippen LogP contribution < -0.4 is 5.32 Å². The summed E-state index contributed by atoms with van der Waals surface area (Å²) < 4.78 is 0. The molecule has 0 spiro atoms. The second kappa shape index (κ2) is 12.4. The van der Waals surface area contributed by atoms with Crippen molar-refractivity contribution in [3.63, 3.8) is 0 Å². The second-order valence-corrected chi connectivity index (χ2v) is 9.41. The lowest BCUT2D eigenvalue weighted by molar-refractivity contribution is -0.141. The predicted octanol–water partition coefficient (Wildman–Crippen LogP) is 5.63. The van der Waals surface area contributed by atoms with Crippen LogP contribution in [0.25, 0.3) is 0 Å². The van der Waals surface area contributed by atoms with E-state index in [0.717, 1.165) is 16.7 Å². The summed E-state index contributed by atoms with van der Waals surface area (Å²) in [6.45, 7) is 13.6. The minimum Gasteiger partial charge on any atom is -0.354 e. The van der Waals surface area contributed by atoms with Gasteiger partial charge in [0.05, 0.1) is 0 Å². The maximum absolute atomic E-state index is 13.4. The van der Waals surface area contributed by atoms with E-state index in [2.05, 4.69) is 57.3 Å². The van der Waals surface area contributed by atoms with Crippen molar-refractivity contribution in [2.45, 2.75) is 79.3 Å². The van der Waals surface area contributed by atoms with Gasteiger partial charge in [0.15, 0.2) is 0 Å². The van der Waals surface area contributed by atoms with Crippen molar-refractivity contribution >= 4 is 11.8 Å². The summed E-state index contributed by atoms with van der Waals surface area (Å²) in [5.74, 6) is 0.813. The molecule has 4 heteroatoms. The Labute approximate surface area is 194 Å². The Hall–Kier alpha value is -2.62. The summed E-state index contributed by atoms with van der Waals surface area (Å²) in [6.07, 6.45) is 1.65. The molecule has 2 rings (SSSR count). The Morgan fingerprint density at radius 2 is 1.62 bits per heavy atom. The van der Waals surface area contributed by atoms with Crippen molar-refractivity contribution in [1.82, 2.24) is 10.2 Å². The molecule has 0 aliphatic rings. The molecule has 0 heterocycles. The standard InChI is InChI=1S/C28H40N2O2/c1-7-26(28(32)29-18-20(2)3)30(19-25-11-9-8-10-22(25)6)27(31)17-14-23-12-15-24(16-13-23)21(4)5/h8-13,15-16,20-21,26H,7,14,17-19H2,1-6H3,(H,29,32)/t26-/m0/s1. The maximum atomic E-state index is 13.4. The molecule has 0 bridgehead atoms. The van der Waals surface area contributed by atoms with Gasteiger partial charge in [-0.05, 0) is 53.9 Å². The molecule has 1 atom stereocenters. The number of rotatable bonds is 11. The summed E-state index contributed by atoms with van der Waals surface area (Å²) in [7, 11) is 0. The maximum Gasteiger partial charge on any atom is 0.242 e. The van der Waals surface area contributed by atoms with E-state index in [1.165, 1.54) is 5.56 Å². The van der Waals surface area contributed by atoms with Crippen molar-refractivity contribution < 1.29 is 9.59 Å². The van der Waals surface area contributed by atoms with Crippen LogP contribution in [-0.2, 0) is 22.6 Å². The van der Waals surface area contributed by atoms with E-state index in [1.807, 2.05) is 38.1 Å². The van der Waals surface area contributed by atoms with Gasteiger partial charge in [0.1, 0.15) is 6.04 Å². The van der Waals surface area contributed by atoms with Gasteiger partial charge in [-0.2, -0.15) is 0 Å². The average Bonchev–Trinajstić information content (AvgIpc) is 2.77. The Morgan fingerprint density at radius 1 is 0.969 bits per heavy atom. The van der Waals surface area contributed by atoms with Gasteiger partial charge in [-0.3, -0.25) is 9.59 Å². The van der Waals surface area contributed by atoms with Gasteiger partial charge in [0, 0.05) is 19.5 Å². The highest BCUT2D eigenvalue weighted by molar-refractivity contribution is 5.87. The smallest absolute Gasteiger partial charge is 0.242 e. The fourth-order valence-corrected chi connectivity index (χ4v) is 3.78. The third-order valence-electron chi connectivity index (χ3n) is 5.95. The lowest BCUT2D eigenvalue weighted by Crippen LogP contribution is -2.49. The zero-order valence-electron chi connectivity index (χ0n) is 20.7. The molecule has 0 fully saturated rings. The van der Waals surface area contributed by atoms with Crippen LogP contribution in [0.4, 0.5) is 0 Å². The quantitative estimate of drug-likeness (QED) is 0.496. The van der Waals surface area contributed by atoms with Crippen molar-refractivity contribution in [2.24, 2.45) is 5.92 Å². The van der Waals surface area contributed by atoms with Crippen LogP contribution in [0.2, 0.25) is 0 Å². The molecule has 0 aromatic heterocycles. The predicted molar refractivity (Wildman–Crippen MR) is 133 cm³/mol. The molecule has 174 valence electrons. The van der Waals surface area contributed by atoms with Gasteiger partial charge in [-0.25, -0.2) is 0 Å². The third-order valence-corrected chi connectivity index (χ3v) is 5.95. The van der Waals surface area contributed by atoms with Crippen LogP contribution in [0.3, 0.4) is 0 Å². The number of hydrogen-bond acceptors (Lipinski definition) is 2. The molecule has 0 radical (unpaired) electrons. The molecule has 0 aliphatic carbocycles. The summed E-state index contributed by atoms with van der Waals surface area (Å²) in [5, 5.41) is 3.03. The summed E-state index contributed by atoms with van der Waals surface area (Å²) in [6, 6.07) is 16.1. The summed E-state index contributed by atoms with van der Waals surface area (Å²) in [5.41, 5.74) is 4.66. The molecule has 2 amide bonds. The first-order valence-electron chi connectivity index (χ1n) is 11.9. The van der Waals surface area contributed by atoms with E-state index in [9.17, 15) is 9.59 Å². The Kier molecular flexibility index (Phi) is 9.96. The van der Waals surface area contributed by atoms with Crippen LogP contribution in [0, 0.1) is 12.8 Å². The fourth-order valence-electron chi connectivity index (χ4n) is 3.78. The first-order valence-corrected chi connectivity index (χ1v) is 11.9. The third kappa shape index (κ3) is 7.51. The van der Waals surface area contributed by atoms with Gasteiger partial charge >= 0.3 is 0 Å². The van der Waals surface area contributed by atoms with E-state index in [1.54, 1.807) is 4.90 Å². The van der Waals surface area contributed by atoms with E-state index in [4.69, 9.17) is 0 Å². The Balaban J connectivity index is 2.18. The molecule has 4 nitrogen and oxygen atoms in total. The lowest BCUT2D eigenvalue weighted by atomic mass is 10.00. The number of benzene rings is 2. The van der Waals surface area contributed by atoms with Gasteiger partial charge in [-0.15, -0.1) is 0 Å². The molecule has 1 N–H and O–H groups in total. The number of amides is 2. The van der Waals surface area contributed by atoms with Crippen LogP contribution in [0.5, 0.6) is 0 Å². The van der Waals surface area contributed by atoms with Crippen LogP contribution in [-0.4, -0.2) is 29.3 Å². The monoisotopic (exact) mass is 436 g/mol. The average molecular weight is 437 g/mol. The largest absolute Gasteiger partial charge is 0.354 e. The van der Waals surface area contributed by atoms with Crippen LogP contribution in [0.1, 0.15) is 75.6 Å². The second-order valence-electron chi connectivity index (χ2n) is 9.41. The van der Waals surface area contributed by atoms with Crippen LogP contribution >= 0.6 is 0 Å². The van der Waals surface area contributed by atoms with E-state index in [-0.39, 0.29) is 11.8 Å². The number of carbonyl (C=O) groups is 2. The van der Waals surface area contributed by atoms with Gasteiger partial charge in [0.25, 0.3) is 0 Å². The minimum absolute atomic E-state index is 0.0211. The van der Waals surface area contributed by atoms with Crippen molar-refractivity contribution in [3.8, 4) is 0 Å². The normalized spacial score (nSPS) is 12.1. The molecule has 0 unspecified atom stereocenters. The highest BCUT2D eigenvalue weighted by Gasteiger charge is 2.28. The summed E-state index contributed by atoms with van der Waals surface area (Å²) >= 11 is 0. The zero-order valence-corrected chi connectivity index (χ0v) is 20.7. The first-order chi connectivity index (χ1) is 15.2. The van der Waals surface area contributed by atoms with E-state index >= 15 is 0 Å².